The lowest BCUT2D eigenvalue weighted by molar-refractivity contribution is 0.102. The van der Waals surface area contributed by atoms with E-state index in [0.29, 0.717) is 23.7 Å². The molecule has 0 spiro atoms. The molecule has 126 valence electrons. The van der Waals surface area contributed by atoms with Crippen molar-refractivity contribution >= 4 is 17.5 Å². The molecule has 0 saturated carbocycles. The number of rotatable bonds is 5. The van der Waals surface area contributed by atoms with Crippen molar-refractivity contribution in [3.63, 3.8) is 0 Å². The van der Waals surface area contributed by atoms with Gasteiger partial charge in [0.25, 0.3) is 5.91 Å². The number of aromatic nitrogens is 2. The predicted molar refractivity (Wildman–Crippen MR) is 99.7 cm³/mol. The molecule has 1 heterocycles. The zero-order valence-corrected chi connectivity index (χ0v) is 14.3. The number of hydrogen-bond acceptors (Lipinski definition) is 4. The van der Waals surface area contributed by atoms with Crippen molar-refractivity contribution in [2.75, 3.05) is 10.6 Å². The van der Waals surface area contributed by atoms with Crippen molar-refractivity contribution in [1.29, 1.82) is 0 Å². The maximum Gasteiger partial charge on any atom is 0.257 e. The molecule has 0 aliphatic rings. The number of anilines is 2. The lowest BCUT2D eigenvalue weighted by atomic mass is 10.1. The molecule has 0 atom stereocenters. The summed E-state index contributed by atoms with van der Waals surface area (Å²) in [6, 6.07) is 19.3. The molecule has 0 bridgehead atoms. The molecule has 0 aliphatic heterocycles. The molecule has 3 rings (SSSR count). The van der Waals surface area contributed by atoms with Gasteiger partial charge in [-0.15, -0.1) is 10.2 Å². The van der Waals surface area contributed by atoms with Gasteiger partial charge in [0.15, 0.2) is 5.82 Å². The summed E-state index contributed by atoms with van der Waals surface area (Å²) in [5.74, 6) is 0.899. The number of carbonyl (C=O) groups excluding carboxylic acids is 1. The zero-order valence-electron chi connectivity index (χ0n) is 14.3. The Morgan fingerprint density at radius 2 is 1.56 bits per heavy atom. The Bertz CT molecular complexity index is 858. The van der Waals surface area contributed by atoms with Crippen LogP contribution in [0, 0.1) is 13.8 Å². The highest BCUT2D eigenvalue weighted by Crippen LogP contribution is 2.12. The van der Waals surface area contributed by atoms with Gasteiger partial charge in [0, 0.05) is 12.1 Å². The molecule has 2 N–H and O–H groups in total. The van der Waals surface area contributed by atoms with E-state index in [0.717, 1.165) is 5.56 Å². The topological polar surface area (TPSA) is 66.9 Å². The quantitative estimate of drug-likeness (QED) is 0.742. The summed E-state index contributed by atoms with van der Waals surface area (Å²) in [5.41, 5.74) is 3.96. The van der Waals surface area contributed by atoms with Gasteiger partial charge >= 0.3 is 0 Å². The number of amides is 1. The van der Waals surface area contributed by atoms with Crippen LogP contribution in [-0.2, 0) is 6.54 Å². The van der Waals surface area contributed by atoms with Crippen LogP contribution in [0.3, 0.4) is 0 Å². The summed E-state index contributed by atoms with van der Waals surface area (Å²) >= 11 is 0. The molecule has 0 aliphatic carbocycles. The Labute approximate surface area is 147 Å². The number of aryl methyl sites for hydroxylation is 2. The Hall–Kier alpha value is -3.21. The van der Waals surface area contributed by atoms with E-state index < -0.39 is 0 Å². The lowest BCUT2D eigenvalue weighted by Crippen LogP contribution is -2.14. The second kappa shape index (κ2) is 7.57. The van der Waals surface area contributed by atoms with Crippen LogP contribution in [0.15, 0.2) is 60.7 Å². The molecule has 5 heteroatoms. The van der Waals surface area contributed by atoms with Crippen molar-refractivity contribution in [1.82, 2.24) is 10.2 Å². The summed E-state index contributed by atoms with van der Waals surface area (Å²) in [6.45, 7) is 4.63. The first-order chi connectivity index (χ1) is 12.1. The predicted octanol–water partition coefficient (Wildman–Crippen LogP) is 3.96. The smallest absolute Gasteiger partial charge is 0.257 e. The molecule has 2 aromatic carbocycles. The maximum absolute atomic E-state index is 12.3. The minimum atomic E-state index is -0.187. The third-order valence-electron chi connectivity index (χ3n) is 3.89. The fraction of sp³-hybridized carbons (Fsp3) is 0.150. The zero-order chi connectivity index (χ0) is 17.6. The normalized spacial score (nSPS) is 10.3. The van der Waals surface area contributed by atoms with Gasteiger partial charge in [-0.2, -0.15) is 0 Å². The molecule has 3 aromatic rings. The second-order valence-corrected chi connectivity index (χ2v) is 5.91. The Morgan fingerprint density at radius 1 is 0.880 bits per heavy atom. The summed E-state index contributed by atoms with van der Waals surface area (Å²) < 4.78 is 0. The molecular weight excluding hydrogens is 312 g/mol. The van der Waals surface area contributed by atoms with E-state index in [2.05, 4.69) is 52.0 Å². The Balaban J connectivity index is 1.59. The van der Waals surface area contributed by atoms with Gasteiger partial charge in [0.05, 0.1) is 0 Å². The van der Waals surface area contributed by atoms with Crippen molar-refractivity contribution in [3.05, 3.63) is 82.9 Å². The van der Waals surface area contributed by atoms with E-state index in [1.54, 1.807) is 18.2 Å². The molecule has 1 aromatic heterocycles. The first kappa shape index (κ1) is 16.6. The SMILES string of the molecule is Cc1ccc(CNc2ccc(NC(=O)c3ccccc3C)nn2)cc1. The lowest BCUT2D eigenvalue weighted by Gasteiger charge is -2.08. The molecule has 5 nitrogen and oxygen atoms in total. The minimum absolute atomic E-state index is 0.187. The van der Waals surface area contributed by atoms with Crippen molar-refractivity contribution < 1.29 is 4.79 Å². The van der Waals surface area contributed by atoms with Gasteiger partial charge in [-0.1, -0.05) is 48.0 Å². The summed E-state index contributed by atoms with van der Waals surface area (Å²) in [4.78, 5) is 12.3. The van der Waals surface area contributed by atoms with E-state index in [4.69, 9.17) is 0 Å². The number of carbonyl (C=O) groups is 1. The monoisotopic (exact) mass is 332 g/mol. The van der Waals surface area contributed by atoms with Gasteiger partial charge in [0.1, 0.15) is 5.82 Å². The molecule has 1 amide bonds. The first-order valence-electron chi connectivity index (χ1n) is 8.12. The fourth-order valence-electron chi connectivity index (χ4n) is 2.40. The minimum Gasteiger partial charge on any atom is -0.365 e. The van der Waals surface area contributed by atoms with Crippen molar-refractivity contribution in [3.8, 4) is 0 Å². The Kier molecular flexibility index (Phi) is 5.04. The number of benzene rings is 2. The summed E-state index contributed by atoms with van der Waals surface area (Å²) in [7, 11) is 0. The largest absolute Gasteiger partial charge is 0.365 e. The van der Waals surface area contributed by atoms with E-state index in [1.165, 1.54) is 11.1 Å². The van der Waals surface area contributed by atoms with Crippen LogP contribution < -0.4 is 10.6 Å². The second-order valence-electron chi connectivity index (χ2n) is 5.91. The molecular formula is C20H20N4O. The maximum atomic E-state index is 12.3. The molecule has 0 radical (unpaired) electrons. The van der Waals surface area contributed by atoms with Crippen molar-refractivity contribution in [2.24, 2.45) is 0 Å². The van der Waals surface area contributed by atoms with Gasteiger partial charge in [0.2, 0.25) is 0 Å². The standard InChI is InChI=1S/C20H20N4O/c1-14-7-9-16(10-8-14)13-21-18-11-12-19(24-23-18)22-20(25)17-6-4-3-5-15(17)2/h3-12H,13H2,1-2H3,(H,21,23)(H,22,24,25). The average Bonchev–Trinajstić information content (AvgIpc) is 2.63. The highest BCUT2D eigenvalue weighted by Gasteiger charge is 2.09. The molecule has 0 fully saturated rings. The highest BCUT2D eigenvalue weighted by molar-refractivity contribution is 6.04. The van der Waals surface area contributed by atoms with Crippen LogP contribution in [0.1, 0.15) is 27.0 Å². The van der Waals surface area contributed by atoms with Crippen LogP contribution in [0.2, 0.25) is 0 Å². The van der Waals surface area contributed by atoms with Crippen LogP contribution in [0.5, 0.6) is 0 Å². The molecule has 25 heavy (non-hydrogen) atoms. The van der Waals surface area contributed by atoms with Crippen LogP contribution in [0.25, 0.3) is 0 Å². The molecule has 0 unspecified atom stereocenters. The number of hydrogen-bond donors (Lipinski definition) is 2. The average molecular weight is 332 g/mol. The van der Waals surface area contributed by atoms with Gasteiger partial charge in [-0.3, -0.25) is 4.79 Å². The number of nitrogens with zero attached hydrogens (tertiary/aromatic N) is 2. The number of nitrogens with one attached hydrogen (secondary N) is 2. The summed E-state index contributed by atoms with van der Waals surface area (Å²) in [5, 5.41) is 14.1. The third kappa shape index (κ3) is 4.41. The van der Waals surface area contributed by atoms with Gasteiger partial charge in [-0.05, 0) is 43.2 Å². The molecule has 0 saturated heterocycles. The van der Waals surface area contributed by atoms with Crippen molar-refractivity contribution in [2.45, 2.75) is 20.4 Å². The Morgan fingerprint density at radius 3 is 2.24 bits per heavy atom. The van der Waals surface area contributed by atoms with Gasteiger partial charge in [-0.25, -0.2) is 0 Å². The third-order valence-corrected chi connectivity index (χ3v) is 3.89. The van der Waals surface area contributed by atoms with E-state index in [-0.39, 0.29) is 5.91 Å². The van der Waals surface area contributed by atoms with E-state index >= 15 is 0 Å². The van der Waals surface area contributed by atoms with Crippen LogP contribution >= 0.6 is 0 Å². The first-order valence-corrected chi connectivity index (χ1v) is 8.12. The van der Waals surface area contributed by atoms with Crippen LogP contribution in [0.4, 0.5) is 11.6 Å². The summed E-state index contributed by atoms with van der Waals surface area (Å²) in [6.07, 6.45) is 0. The van der Waals surface area contributed by atoms with Gasteiger partial charge < -0.3 is 10.6 Å². The highest BCUT2D eigenvalue weighted by atomic mass is 16.1. The van der Waals surface area contributed by atoms with Crippen LogP contribution in [-0.4, -0.2) is 16.1 Å². The fourth-order valence-corrected chi connectivity index (χ4v) is 2.40. The van der Waals surface area contributed by atoms with E-state index in [9.17, 15) is 4.79 Å². The van der Waals surface area contributed by atoms with E-state index in [1.807, 2.05) is 25.1 Å².